The molecule has 348 valence electrons. The molecule has 0 spiro atoms. The predicted molar refractivity (Wildman–Crippen MR) is 227 cm³/mol. The Balaban J connectivity index is 2.41. The van der Waals surface area contributed by atoms with Crippen LogP contribution in [0.2, 0.25) is 0 Å². The van der Waals surface area contributed by atoms with E-state index in [0.29, 0.717) is 37.8 Å². The molecule has 0 radical (unpaired) electrons. The molecule has 21 heteroatoms. The minimum atomic E-state index is -1.66. The minimum Gasteiger partial charge on any atom is -0.508 e. The van der Waals surface area contributed by atoms with Crippen LogP contribution in [0, 0.1) is 5.92 Å². The van der Waals surface area contributed by atoms with Gasteiger partial charge in [-0.15, -0.1) is 0 Å². The maximum absolute atomic E-state index is 14.0. The molecule has 1 aromatic rings. The number of aliphatic carboxylic acids is 1. The number of aliphatic hydroxyl groups is 1. The Kier molecular flexibility index (Phi) is 23.4. The normalized spacial score (nSPS) is 22.4. The molecule has 2 rings (SSSR count). The molecule has 1 aliphatic rings. The van der Waals surface area contributed by atoms with Crippen LogP contribution in [0.5, 0.6) is 5.75 Å². The first-order valence-electron chi connectivity index (χ1n) is 21.3. The third kappa shape index (κ3) is 19.1. The monoisotopic (exact) mass is 877 g/mol. The Morgan fingerprint density at radius 3 is 2.08 bits per heavy atom. The van der Waals surface area contributed by atoms with Crippen molar-refractivity contribution >= 4 is 47.3 Å². The molecular weight excluding hydrogens is 809 g/mol. The summed E-state index contributed by atoms with van der Waals surface area (Å²) < 4.78 is 0. The summed E-state index contributed by atoms with van der Waals surface area (Å²) >= 11 is 0. The molecule has 0 aliphatic carbocycles. The maximum Gasteiger partial charge on any atom is 0.326 e. The summed E-state index contributed by atoms with van der Waals surface area (Å²) in [5, 5.41) is 48.2. The Morgan fingerprint density at radius 2 is 1.47 bits per heavy atom. The van der Waals surface area contributed by atoms with Crippen molar-refractivity contribution in [1.82, 2.24) is 37.2 Å². The van der Waals surface area contributed by atoms with Gasteiger partial charge in [0, 0.05) is 19.5 Å². The number of carboxylic acids is 1. The van der Waals surface area contributed by atoms with Crippen LogP contribution >= 0.6 is 0 Å². The Labute approximate surface area is 362 Å². The molecule has 7 amide bonds. The lowest BCUT2D eigenvalue weighted by Crippen LogP contribution is -2.61. The van der Waals surface area contributed by atoms with Crippen molar-refractivity contribution in [2.75, 3.05) is 19.6 Å². The van der Waals surface area contributed by atoms with Crippen molar-refractivity contribution in [3.05, 3.63) is 29.8 Å². The van der Waals surface area contributed by atoms with Crippen LogP contribution in [-0.2, 0) is 44.8 Å². The summed E-state index contributed by atoms with van der Waals surface area (Å²) in [6.45, 7) is 5.06. The van der Waals surface area contributed by atoms with E-state index in [2.05, 4.69) is 37.2 Å². The van der Waals surface area contributed by atoms with Crippen molar-refractivity contribution in [3.63, 3.8) is 0 Å². The van der Waals surface area contributed by atoms with E-state index in [1.807, 2.05) is 0 Å². The number of aliphatic hydroxyl groups excluding tert-OH is 1. The summed E-state index contributed by atoms with van der Waals surface area (Å²) in [6.07, 6.45) is 0.792. The smallest absolute Gasteiger partial charge is 0.326 e. The number of carboxylic acid groups (broad SMARTS) is 1. The molecule has 16 N–H and O–H groups in total. The van der Waals surface area contributed by atoms with E-state index in [-0.39, 0.29) is 76.1 Å². The van der Waals surface area contributed by atoms with Crippen LogP contribution in [0.15, 0.2) is 24.3 Å². The van der Waals surface area contributed by atoms with Gasteiger partial charge in [-0.25, -0.2) is 4.79 Å². The Morgan fingerprint density at radius 1 is 0.823 bits per heavy atom. The van der Waals surface area contributed by atoms with Gasteiger partial charge in [0.2, 0.25) is 41.4 Å². The third-order valence-electron chi connectivity index (χ3n) is 10.3. The molecule has 2 unspecified atom stereocenters. The second-order valence-corrected chi connectivity index (χ2v) is 16.0. The van der Waals surface area contributed by atoms with E-state index in [1.165, 1.54) is 19.1 Å². The van der Waals surface area contributed by atoms with E-state index >= 15 is 0 Å². The van der Waals surface area contributed by atoms with Crippen LogP contribution in [-0.4, -0.2) is 131 Å². The molecule has 0 aromatic heterocycles. The number of nitrogens with two attached hydrogens (primary N) is 3. The van der Waals surface area contributed by atoms with Crippen LogP contribution in [0.3, 0.4) is 0 Å². The zero-order valence-corrected chi connectivity index (χ0v) is 36.0. The van der Waals surface area contributed by atoms with E-state index in [0.717, 1.165) is 0 Å². The minimum absolute atomic E-state index is 0.0159. The number of amides is 7. The van der Waals surface area contributed by atoms with Gasteiger partial charge in [-0.05, 0) is 108 Å². The number of phenolic OH excluding ortho intramolecular Hbond substituents is 1. The summed E-state index contributed by atoms with van der Waals surface area (Å²) in [6, 6.07) is -2.72. The number of phenols is 1. The topological polar surface area (TPSA) is 360 Å². The standard InChI is InChI=1S/C41H68N10O11/c1-23(2)33(41(61)62)50-38(58)31-12-5-8-20-45-32(54)18-17-27(43)35(55)46-21-9-6-11-30(39(59)51-34(24(3)52)40(60)49-31)48-37(57)29(10-4-7-19-42)47-36(56)28(44)22-25-13-15-26(53)16-14-25/h13-16,23-24,27-31,33-34,52-53H,4-12,17-22,42-44H2,1-3H3,(H,45,54)(H,46,55)(H,47,56)(H,48,57)(H,49,60)(H,50,58)(H,51,59)(H,61,62)/t24-,27+,28+,29+,30+,31?,33+,34?/m1/s1. The molecule has 1 aliphatic heterocycles. The Hall–Kier alpha value is -5.38. The fourth-order valence-electron chi connectivity index (χ4n) is 6.54. The van der Waals surface area contributed by atoms with Gasteiger partial charge in [0.15, 0.2) is 0 Å². The number of benzene rings is 1. The summed E-state index contributed by atoms with van der Waals surface area (Å²) in [4.78, 5) is 105. The number of unbranched alkanes of at least 4 members (excludes halogenated alkanes) is 1. The van der Waals surface area contributed by atoms with E-state index < -0.39 is 95.7 Å². The number of nitrogens with one attached hydrogen (secondary N) is 7. The molecule has 8 atom stereocenters. The highest BCUT2D eigenvalue weighted by molar-refractivity contribution is 5.96. The first-order chi connectivity index (χ1) is 29.3. The summed E-state index contributed by atoms with van der Waals surface area (Å²) in [7, 11) is 0. The fourth-order valence-corrected chi connectivity index (χ4v) is 6.54. The Bertz CT molecular complexity index is 1650. The zero-order valence-electron chi connectivity index (χ0n) is 36.0. The molecule has 21 nitrogen and oxygen atoms in total. The van der Waals surface area contributed by atoms with Crippen LogP contribution in [0.25, 0.3) is 0 Å². The molecule has 0 saturated carbocycles. The van der Waals surface area contributed by atoms with Crippen LogP contribution in [0.4, 0.5) is 0 Å². The van der Waals surface area contributed by atoms with Crippen molar-refractivity contribution in [3.8, 4) is 5.75 Å². The molecule has 1 aromatic carbocycles. The molecule has 62 heavy (non-hydrogen) atoms. The van der Waals surface area contributed by atoms with Crippen LogP contribution in [0.1, 0.15) is 97.0 Å². The first kappa shape index (κ1) is 52.8. The highest BCUT2D eigenvalue weighted by Gasteiger charge is 2.35. The summed E-state index contributed by atoms with van der Waals surface area (Å²) in [5.74, 6) is -6.69. The fraction of sp³-hybridized carbons (Fsp3) is 0.659. The zero-order chi connectivity index (χ0) is 46.4. The lowest BCUT2D eigenvalue weighted by atomic mass is 10.0. The number of hydrogen-bond acceptors (Lipinski definition) is 13. The third-order valence-corrected chi connectivity index (χ3v) is 10.3. The number of rotatable bonds is 15. The van der Waals surface area contributed by atoms with Crippen molar-refractivity contribution < 1.29 is 53.7 Å². The SMILES string of the molecule is CC(C)[C@H](NC(=O)C1CCCCNC(=O)CC[C@H](N)C(=O)NCCCC[C@H](NC(=O)[C@H](CCCCN)NC(=O)[C@@H](N)Cc2ccc(O)cc2)C(=O)NC([C@@H](C)O)C(=O)N1)C(=O)O. The largest absolute Gasteiger partial charge is 0.508 e. The van der Waals surface area contributed by atoms with Crippen molar-refractivity contribution in [1.29, 1.82) is 0 Å². The van der Waals surface area contributed by atoms with Gasteiger partial charge < -0.3 is 69.7 Å². The molecule has 1 saturated heterocycles. The van der Waals surface area contributed by atoms with E-state index in [1.54, 1.807) is 26.0 Å². The second-order valence-electron chi connectivity index (χ2n) is 16.0. The van der Waals surface area contributed by atoms with Gasteiger partial charge in [0.1, 0.15) is 36.0 Å². The van der Waals surface area contributed by atoms with Gasteiger partial charge in [-0.3, -0.25) is 33.6 Å². The lowest BCUT2D eigenvalue weighted by molar-refractivity contribution is -0.143. The van der Waals surface area contributed by atoms with Crippen molar-refractivity contribution in [2.24, 2.45) is 23.1 Å². The van der Waals surface area contributed by atoms with Gasteiger partial charge in [0.05, 0.1) is 18.2 Å². The predicted octanol–water partition coefficient (Wildman–Crippen LogP) is -2.37. The number of carbonyl (C=O) groups is 8. The molecule has 1 heterocycles. The molecule has 1 fully saturated rings. The highest BCUT2D eigenvalue weighted by atomic mass is 16.4. The van der Waals surface area contributed by atoms with Crippen LogP contribution < -0.4 is 54.4 Å². The average Bonchev–Trinajstić information content (AvgIpc) is 3.21. The molecule has 0 bridgehead atoms. The van der Waals surface area contributed by atoms with Gasteiger partial charge in [-0.2, -0.15) is 0 Å². The van der Waals surface area contributed by atoms with Crippen molar-refractivity contribution in [2.45, 2.75) is 146 Å². The van der Waals surface area contributed by atoms with E-state index in [9.17, 15) is 53.7 Å². The quantitative estimate of drug-likeness (QED) is 0.0820. The molecular formula is C41H68N10O11. The maximum atomic E-state index is 14.0. The average molecular weight is 877 g/mol. The van der Waals surface area contributed by atoms with Gasteiger partial charge in [0.25, 0.3) is 0 Å². The summed E-state index contributed by atoms with van der Waals surface area (Å²) in [5.41, 5.74) is 18.6. The van der Waals surface area contributed by atoms with Gasteiger partial charge >= 0.3 is 5.97 Å². The number of carbonyl (C=O) groups excluding carboxylic acids is 7. The first-order valence-corrected chi connectivity index (χ1v) is 21.3. The van der Waals surface area contributed by atoms with Gasteiger partial charge in [-0.1, -0.05) is 26.0 Å². The van der Waals surface area contributed by atoms with E-state index in [4.69, 9.17) is 17.2 Å². The lowest BCUT2D eigenvalue weighted by Gasteiger charge is -2.28. The second kappa shape index (κ2) is 27.5. The number of hydrogen-bond donors (Lipinski definition) is 13. The highest BCUT2D eigenvalue weighted by Crippen LogP contribution is 2.13. The number of aromatic hydroxyl groups is 1.